The predicted molar refractivity (Wildman–Crippen MR) is 56.6 cm³/mol. The molecule has 0 unspecified atom stereocenters. The zero-order valence-corrected chi connectivity index (χ0v) is 10.0. The fourth-order valence-corrected chi connectivity index (χ4v) is 1.40. The van der Waals surface area contributed by atoms with Gasteiger partial charge in [0.25, 0.3) is 0 Å². The van der Waals surface area contributed by atoms with Crippen molar-refractivity contribution in [3.05, 3.63) is 5.82 Å². The SMILES string of the molecule is CCN(Cc1nnn(C)n1)C(C)(C)C(=O)O. The first kappa shape index (κ1) is 12.6. The predicted octanol–water partition coefficient (Wildman–Crippen LogP) is -0.105. The third-order valence-corrected chi connectivity index (χ3v) is 2.58. The van der Waals surface area contributed by atoms with E-state index in [1.54, 1.807) is 25.8 Å². The molecule has 7 nitrogen and oxygen atoms in total. The van der Waals surface area contributed by atoms with Gasteiger partial charge in [-0.25, -0.2) is 0 Å². The zero-order valence-electron chi connectivity index (χ0n) is 10.0. The molecule has 0 aliphatic carbocycles. The molecule has 0 aliphatic heterocycles. The van der Waals surface area contributed by atoms with Crippen LogP contribution in [0.25, 0.3) is 0 Å². The number of aromatic nitrogens is 4. The van der Waals surface area contributed by atoms with Crippen LogP contribution in [0.3, 0.4) is 0 Å². The van der Waals surface area contributed by atoms with E-state index in [1.165, 1.54) is 4.80 Å². The molecule has 0 amide bonds. The van der Waals surface area contributed by atoms with Crippen molar-refractivity contribution in [3.63, 3.8) is 0 Å². The number of aryl methyl sites for hydroxylation is 1. The molecule has 16 heavy (non-hydrogen) atoms. The van der Waals surface area contributed by atoms with E-state index in [9.17, 15) is 4.79 Å². The van der Waals surface area contributed by atoms with Gasteiger partial charge in [0.15, 0.2) is 5.82 Å². The lowest BCUT2D eigenvalue weighted by molar-refractivity contribution is -0.149. The summed E-state index contributed by atoms with van der Waals surface area (Å²) in [5.74, 6) is -0.336. The van der Waals surface area contributed by atoms with Gasteiger partial charge in [-0.05, 0) is 25.6 Å². The van der Waals surface area contributed by atoms with Crippen molar-refractivity contribution in [1.29, 1.82) is 0 Å². The molecular formula is C9H17N5O2. The molecule has 1 heterocycles. The third-order valence-electron chi connectivity index (χ3n) is 2.58. The summed E-state index contributed by atoms with van der Waals surface area (Å²) < 4.78 is 0. The quantitative estimate of drug-likeness (QED) is 0.756. The van der Waals surface area contributed by atoms with E-state index in [2.05, 4.69) is 15.4 Å². The molecule has 90 valence electrons. The van der Waals surface area contributed by atoms with E-state index >= 15 is 0 Å². The Morgan fingerprint density at radius 1 is 1.56 bits per heavy atom. The molecule has 1 rings (SSSR count). The first-order chi connectivity index (χ1) is 7.37. The van der Waals surface area contributed by atoms with Crippen LogP contribution in [-0.2, 0) is 18.4 Å². The van der Waals surface area contributed by atoms with Crippen LogP contribution in [0.1, 0.15) is 26.6 Å². The topological polar surface area (TPSA) is 84.1 Å². The minimum absolute atomic E-state index is 0.379. The summed E-state index contributed by atoms with van der Waals surface area (Å²) in [6, 6.07) is 0. The molecule has 1 aromatic heterocycles. The number of carboxylic acids is 1. The van der Waals surface area contributed by atoms with Crippen molar-refractivity contribution in [2.24, 2.45) is 7.05 Å². The Balaban J connectivity index is 2.80. The zero-order chi connectivity index (χ0) is 12.3. The van der Waals surface area contributed by atoms with Gasteiger partial charge in [-0.1, -0.05) is 6.92 Å². The number of nitrogens with zero attached hydrogens (tertiary/aromatic N) is 5. The molecule has 0 aromatic carbocycles. The van der Waals surface area contributed by atoms with Crippen LogP contribution in [0.5, 0.6) is 0 Å². The molecule has 0 radical (unpaired) electrons. The van der Waals surface area contributed by atoms with E-state index in [4.69, 9.17) is 5.11 Å². The highest BCUT2D eigenvalue weighted by Gasteiger charge is 2.34. The normalized spacial score (nSPS) is 12.1. The lowest BCUT2D eigenvalue weighted by atomic mass is 10.0. The Kier molecular flexibility index (Phi) is 3.58. The van der Waals surface area contributed by atoms with Gasteiger partial charge in [-0.2, -0.15) is 4.80 Å². The third kappa shape index (κ3) is 2.54. The Hall–Kier alpha value is -1.50. The van der Waals surface area contributed by atoms with Crippen LogP contribution in [0.15, 0.2) is 0 Å². The summed E-state index contributed by atoms with van der Waals surface area (Å²) in [6.07, 6.45) is 0. The van der Waals surface area contributed by atoms with Crippen LogP contribution in [0, 0.1) is 0 Å². The van der Waals surface area contributed by atoms with Gasteiger partial charge in [0, 0.05) is 0 Å². The van der Waals surface area contributed by atoms with Gasteiger partial charge in [-0.3, -0.25) is 9.69 Å². The Bertz CT molecular complexity index is 374. The van der Waals surface area contributed by atoms with Crippen LogP contribution in [-0.4, -0.2) is 48.3 Å². The van der Waals surface area contributed by atoms with Gasteiger partial charge in [0.05, 0.1) is 13.6 Å². The van der Waals surface area contributed by atoms with E-state index in [0.29, 0.717) is 18.9 Å². The van der Waals surface area contributed by atoms with Crippen molar-refractivity contribution in [3.8, 4) is 0 Å². The molecule has 0 atom stereocenters. The van der Waals surface area contributed by atoms with Gasteiger partial charge >= 0.3 is 5.97 Å². The number of tetrazole rings is 1. The summed E-state index contributed by atoms with van der Waals surface area (Å²) in [7, 11) is 1.68. The number of carboxylic acid groups (broad SMARTS) is 1. The molecule has 0 aliphatic rings. The van der Waals surface area contributed by atoms with Gasteiger partial charge in [-0.15, -0.1) is 10.2 Å². The molecule has 0 fully saturated rings. The smallest absolute Gasteiger partial charge is 0.323 e. The first-order valence-electron chi connectivity index (χ1n) is 5.09. The second-order valence-corrected chi connectivity index (χ2v) is 4.07. The van der Waals surface area contributed by atoms with Crippen LogP contribution in [0.4, 0.5) is 0 Å². The Labute approximate surface area is 94.0 Å². The summed E-state index contributed by atoms with van der Waals surface area (Å²) in [4.78, 5) is 14.3. The van der Waals surface area contributed by atoms with E-state index < -0.39 is 11.5 Å². The fourth-order valence-electron chi connectivity index (χ4n) is 1.40. The molecule has 1 N–H and O–H groups in total. The maximum Gasteiger partial charge on any atom is 0.323 e. The highest BCUT2D eigenvalue weighted by Crippen LogP contribution is 2.16. The molecule has 0 spiro atoms. The van der Waals surface area contributed by atoms with Gasteiger partial charge in [0.2, 0.25) is 0 Å². The van der Waals surface area contributed by atoms with E-state index in [1.807, 2.05) is 6.92 Å². The minimum atomic E-state index is -0.937. The van der Waals surface area contributed by atoms with Crippen LogP contribution >= 0.6 is 0 Å². The molecule has 1 aromatic rings. The van der Waals surface area contributed by atoms with Gasteiger partial charge < -0.3 is 5.11 Å². The summed E-state index contributed by atoms with van der Waals surface area (Å²) >= 11 is 0. The second kappa shape index (κ2) is 4.56. The number of hydrogen-bond acceptors (Lipinski definition) is 5. The van der Waals surface area contributed by atoms with Crippen molar-refractivity contribution >= 4 is 5.97 Å². The van der Waals surface area contributed by atoms with E-state index in [0.717, 1.165) is 0 Å². The fraction of sp³-hybridized carbons (Fsp3) is 0.778. The Morgan fingerprint density at radius 3 is 2.56 bits per heavy atom. The van der Waals surface area contributed by atoms with Crippen molar-refractivity contribution in [2.75, 3.05) is 6.54 Å². The van der Waals surface area contributed by atoms with E-state index in [-0.39, 0.29) is 0 Å². The van der Waals surface area contributed by atoms with Gasteiger partial charge in [0.1, 0.15) is 5.54 Å². The average Bonchev–Trinajstić information content (AvgIpc) is 2.60. The lowest BCUT2D eigenvalue weighted by Crippen LogP contribution is -2.49. The highest BCUT2D eigenvalue weighted by molar-refractivity contribution is 5.77. The molecular weight excluding hydrogens is 210 g/mol. The number of hydrogen-bond donors (Lipinski definition) is 1. The number of rotatable bonds is 5. The van der Waals surface area contributed by atoms with Crippen molar-refractivity contribution < 1.29 is 9.90 Å². The average molecular weight is 227 g/mol. The van der Waals surface area contributed by atoms with Crippen LogP contribution < -0.4 is 0 Å². The first-order valence-corrected chi connectivity index (χ1v) is 5.09. The number of aliphatic carboxylic acids is 1. The number of likely N-dealkylation sites (N-methyl/N-ethyl adjacent to an activating group) is 1. The molecule has 7 heteroatoms. The summed E-state index contributed by atoms with van der Waals surface area (Å²) in [6.45, 7) is 6.21. The Morgan fingerprint density at radius 2 is 2.19 bits per heavy atom. The van der Waals surface area contributed by atoms with Crippen molar-refractivity contribution in [1.82, 2.24) is 25.1 Å². The largest absolute Gasteiger partial charge is 0.480 e. The summed E-state index contributed by atoms with van der Waals surface area (Å²) in [5, 5.41) is 20.7. The monoisotopic (exact) mass is 227 g/mol. The molecule has 0 saturated heterocycles. The second-order valence-electron chi connectivity index (χ2n) is 4.07. The maximum absolute atomic E-state index is 11.1. The standard InChI is InChI=1S/C9H17N5O2/c1-5-14(9(2,3)8(15)16)6-7-10-12-13(4)11-7/h5-6H2,1-4H3,(H,15,16). The summed E-state index contributed by atoms with van der Waals surface area (Å²) in [5.41, 5.74) is -0.937. The maximum atomic E-state index is 11.1. The highest BCUT2D eigenvalue weighted by atomic mass is 16.4. The van der Waals surface area contributed by atoms with Crippen LogP contribution in [0.2, 0.25) is 0 Å². The molecule has 0 bridgehead atoms. The minimum Gasteiger partial charge on any atom is -0.480 e. The van der Waals surface area contributed by atoms with Crippen molar-refractivity contribution in [2.45, 2.75) is 32.9 Å². The lowest BCUT2D eigenvalue weighted by Gasteiger charge is -2.32. The molecule has 0 saturated carbocycles. The number of carbonyl (C=O) groups is 1.